The molecular formula is C13H17NO. The van der Waals surface area contributed by atoms with Crippen molar-refractivity contribution in [1.82, 2.24) is 0 Å². The molecule has 2 nitrogen and oxygen atoms in total. The molecule has 1 amide bonds. The van der Waals surface area contributed by atoms with Crippen LogP contribution in [0.5, 0.6) is 0 Å². The van der Waals surface area contributed by atoms with Gasteiger partial charge in [0, 0.05) is 11.6 Å². The SMILES string of the molecule is Cc1ccc(NC(=O)[C@@H]2C[C@@H]2C)c(C)c1. The second kappa shape index (κ2) is 3.69. The van der Waals surface area contributed by atoms with Crippen molar-refractivity contribution in [2.75, 3.05) is 5.32 Å². The molecule has 1 fully saturated rings. The van der Waals surface area contributed by atoms with Crippen LogP contribution >= 0.6 is 0 Å². The first-order valence-electron chi connectivity index (χ1n) is 5.46. The lowest BCUT2D eigenvalue weighted by molar-refractivity contribution is -0.117. The lowest BCUT2D eigenvalue weighted by Gasteiger charge is -2.08. The van der Waals surface area contributed by atoms with E-state index in [1.54, 1.807) is 0 Å². The van der Waals surface area contributed by atoms with Crippen LogP contribution in [0.2, 0.25) is 0 Å². The van der Waals surface area contributed by atoms with Crippen LogP contribution in [0, 0.1) is 25.7 Å². The zero-order valence-electron chi connectivity index (χ0n) is 9.50. The van der Waals surface area contributed by atoms with Gasteiger partial charge >= 0.3 is 0 Å². The molecule has 1 aliphatic carbocycles. The van der Waals surface area contributed by atoms with Gasteiger partial charge in [-0.2, -0.15) is 0 Å². The van der Waals surface area contributed by atoms with Crippen LogP contribution in [-0.2, 0) is 4.79 Å². The summed E-state index contributed by atoms with van der Waals surface area (Å²) in [6.45, 7) is 6.20. The Kier molecular flexibility index (Phi) is 2.51. The lowest BCUT2D eigenvalue weighted by atomic mass is 10.1. The third-order valence-corrected chi connectivity index (χ3v) is 3.09. The van der Waals surface area contributed by atoms with E-state index in [9.17, 15) is 4.79 Å². The first-order chi connectivity index (χ1) is 7.08. The van der Waals surface area contributed by atoms with Gasteiger partial charge in [0.15, 0.2) is 0 Å². The second-order valence-corrected chi connectivity index (χ2v) is 4.63. The Bertz CT molecular complexity index is 398. The lowest BCUT2D eigenvalue weighted by Crippen LogP contribution is -2.15. The van der Waals surface area contributed by atoms with Crippen LogP contribution in [-0.4, -0.2) is 5.91 Å². The van der Waals surface area contributed by atoms with Gasteiger partial charge in [0.25, 0.3) is 0 Å². The fourth-order valence-electron chi connectivity index (χ4n) is 1.87. The highest BCUT2D eigenvalue weighted by Crippen LogP contribution is 2.38. The molecule has 80 valence electrons. The molecule has 1 aromatic rings. The van der Waals surface area contributed by atoms with Gasteiger partial charge < -0.3 is 5.32 Å². The first kappa shape index (κ1) is 10.2. The summed E-state index contributed by atoms with van der Waals surface area (Å²) >= 11 is 0. The predicted molar refractivity (Wildman–Crippen MR) is 61.8 cm³/mol. The molecule has 15 heavy (non-hydrogen) atoms. The van der Waals surface area contributed by atoms with Gasteiger partial charge in [-0.05, 0) is 37.8 Å². The number of benzene rings is 1. The summed E-state index contributed by atoms with van der Waals surface area (Å²) in [5.41, 5.74) is 3.31. The molecular weight excluding hydrogens is 186 g/mol. The quantitative estimate of drug-likeness (QED) is 0.786. The van der Waals surface area contributed by atoms with Crippen LogP contribution in [0.1, 0.15) is 24.5 Å². The molecule has 0 aromatic heterocycles. The fourth-order valence-corrected chi connectivity index (χ4v) is 1.87. The third kappa shape index (κ3) is 2.20. The molecule has 0 bridgehead atoms. The standard InChI is InChI=1S/C13H17NO/c1-8-4-5-12(10(3)6-8)14-13(15)11-7-9(11)2/h4-6,9,11H,7H2,1-3H3,(H,14,15)/t9-,11+/m0/s1. The summed E-state index contributed by atoms with van der Waals surface area (Å²) in [5, 5.41) is 2.99. The highest BCUT2D eigenvalue weighted by molar-refractivity contribution is 5.95. The fraction of sp³-hybridized carbons (Fsp3) is 0.462. The molecule has 1 N–H and O–H groups in total. The average Bonchev–Trinajstić information content (AvgIpc) is 2.88. The van der Waals surface area contributed by atoms with Crippen molar-refractivity contribution >= 4 is 11.6 Å². The van der Waals surface area contributed by atoms with E-state index in [-0.39, 0.29) is 11.8 Å². The molecule has 1 aromatic carbocycles. The summed E-state index contributed by atoms with van der Waals surface area (Å²) in [6.07, 6.45) is 1.04. The van der Waals surface area contributed by atoms with Crippen LogP contribution in [0.15, 0.2) is 18.2 Å². The van der Waals surface area contributed by atoms with E-state index in [4.69, 9.17) is 0 Å². The molecule has 0 aliphatic heterocycles. The molecule has 0 unspecified atom stereocenters. The maximum atomic E-state index is 11.7. The van der Waals surface area contributed by atoms with Crippen molar-refractivity contribution in [3.05, 3.63) is 29.3 Å². The topological polar surface area (TPSA) is 29.1 Å². The predicted octanol–water partition coefficient (Wildman–Crippen LogP) is 2.90. The van der Waals surface area contributed by atoms with Gasteiger partial charge in [0.1, 0.15) is 0 Å². The number of anilines is 1. The van der Waals surface area contributed by atoms with E-state index < -0.39 is 0 Å². The Morgan fingerprint density at radius 2 is 2.07 bits per heavy atom. The van der Waals surface area contributed by atoms with Crippen molar-refractivity contribution in [2.24, 2.45) is 11.8 Å². The summed E-state index contributed by atoms with van der Waals surface area (Å²) in [7, 11) is 0. The number of amides is 1. The van der Waals surface area contributed by atoms with E-state index in [1.807, 2.05) is 19.1 Å². The van der Waals surface area contributed by atoms with E-state index >= 15 is 0 Å². The van der Waals surface area contributed by atoms with Gasteiger partial charge in [-0.15, -0.1) is 0 Å². The minimum absolute atomic E-state index is 0.175. The Hall–Kier alpha value is -1.31. The van der Waals surface area contributed by atoms with Gasteiger partial charge in [-0.25, -0.2) is 0 Å². The zero-order chi connectivity index (χ0) is 11.0. The van der Waals surface area contributed by atoms with E-state index in [0.717, 1.165) is 17.7 Å². The van der Waals surface area contributed by atoms with Crippen molar-refractivity contribution in [1.29, 1.82) is 0 Å². The maximum Gasteiger partial charge on any atom is 0.227 e. The molecule has 2 atom stereocenters. The summed E-state index contributed by atoms with van der Waals surface area (Å²) in [4.78, 5) is 11.7. The van der Waals surface area contributed by atoms with Crippen molar-refractivity contribution in [3.63, 3.8) is 0 Å². The number of hydrogen-bond acceptors (Lipinski definition) is 1. The summed E-state index contributed by atoms with van der Waals surface area (Å²) in [5.74, 6) is 0.982. The highest BCUT2D eigenvalue weighted by atomic mass is 16.2. The Balaban J connectivity index is 2.07. The number of nitrogens with one attached hydrogen (secondary N) is 1. The van der Waals surface area contributed by atoms with Crippen LogP contribution in [0.3, 0.4) is 0 Å². The Morgan fingerprint density at radius 1 is 1.40 bits per heavy atom. The molecule has 2 heteroatoms. The summed E-state index contributed by atoms with van der Waals surface area (Å²) < 4.78 is 0. The van der Waals surface area contributed by atoms with Crippen LogP contribution in [0.4, 0.5) is 5.69 Å². The third-order valence-electron chi connectivity index (χ3n) is 3.09. The van der Waals surface area contributed by atoms with Crippen molar-refractivity contribution < 1.29 is 4.79 Å². The largest absolute Gasteiger partial charge is 0.326 e. The van der Waals surface area contributed by atoms with Gasteiger partial charge in [0.2, 0.25) is 5.91 Å². The maximum absolute atomic E-state index is 11.7. The highest BCUT2D eigenvalue weighted by Gasteiger charge is 2.39. The summed E-state index contributed by atoms with van der Waals surface area (Å²) in [6, 6.07) is 6.10. The van der Waals surface area contributed by atoms with E-state index in [0.29, 0.717) is 5.92 Å². The van der Waals surface area contributed by atoms with Gasteiger partial charge in [-0.1, -0.05) is 24.6 Å². The molecule has 2 rings (SSSR count). The molecule has 0 radical (unpaired) electrons. The monoisotopic (exact) mass is 203 g/mol. The van der Waals surface area contributed by atoms with E-state index in [2.05, 4.69) is 25.2 Å². The second-order valence-electron chi connectivity index (χ2n) is 4.63. The number of carbonyl (C=O) groups is 1. The van der Waals surface area contributed by atoms with Gasteiger partial charge in [-0.3, -0.25) is 4.79 Å². The average molecular weight is 203 g/mol. The number of carbonyl (C=O) groups excluding carboxylic acids is 1. The van der Waals surface area contributed by atoms with Gasteiger partial charge in [0.05, 0.1) is 0 Å². The van der Waals surface area contributed by atoms with Crippen LogP contribution < -0.4 is 5.32 Å². The number of hydrogen-bond donors (Lipinski definition) is 1. The Morgan fingerprint density at radius 3 is 2.60 bits per heavy atom. The van der Waals surface area contributed by atoms with E-state index in [1.165, 1.54) is 5.56 Å². The molecule has 1 saturated carbocycles. The minimum Gasteiger partial charge on any atom is -0.326 e. The first-order valence-corrected chi connectivity index (χ1v) is 5.46. The Labute approximate surface area is 90.7 Å². The zero-order valence-corrected chi connectivity index (χ0v) is 9.50. The van der Waals surface area contributed by atoms with Crippen molar-refractivity contribution in [2.45, 2.75) is 27.2 Å². The number of rotatable bonds is 2. The molecule has 0 heterocycles. The molecule has 1 aliphatic rings. The molecule has 0 spiro atoms. The number of aryl methyl sites for hydroxylation is 2. The van der Waals surface area contributed by atoms with Crippen LogP contribution in [0.25, 0.3) is 0 Å². The van der Waals surface area contributed by atoms with Crippen molar-refractivity contribution in [3.8, 4) is 0 Å². The normalized spacial score (nSPS) is 23.7. The smallest absolute Gasteiger partial charge is 0.227 e. The minimum atomic E-state index is 0.175. The molecule has 0 saturated heterocycles.